The predicted molar refractivity (Wildman–Crippen MR) is 105 cm³/mol. The topological polar surface area (TPSA) is 102 Å². The number of hydrogen-bond donors (Lipinski definition) is 1. The first kappa shape index (κ1) is 19.3. The molecule has 0 aliphatic carbocycles. The van der Waals surface area contributed by atoms with Crippen molar-refractivity contribution in [3.8, 4) is 5.75 Å². The number of amides is 2. The number of rotatable bonds is 6. The Balaban J connectivity index is 1.71. The molecule has 0 spiro atoms. The van der Waals surface area contributed by atoms with Gasteiger partial charge in [-0.2, -0.15) is 0 Å². The highest BCUT2D eigenvalue weighted by atomic mass is 16.6. The van der Waals surface area contributed by atoms with Gasteiger partial charge in [0.2, 0.25) is 11.8 Å². The summed E-state index contributed by atoms with van der Waals surface area (Å²) in [5.74, 6) is -0.318. The summed E-state index contributed by atoms with van der Waals surface area (Å²) >= 11 is 0. The van der Waals surface area contributed by atoms with Crippen molar-refractivity contribution in [1.82, 2.24) is 0 Å². The third kappa shape index (κ3) is 3.95. The molecule has 2 aromatic rings. The van der Waals surface area contributed by atoms with E-state index in [-0.39, 0.29) is 30.5 Å². The van der Waals surface area contributed by atoms with Crippen molar-refractivity contribution < 1.29 is 19.2 Å². The van der Waals surface area contributed by atoms with Crippen LogP contribution in [-0.4, -0.2) is 30.4 Å². The first-order valence-corrected chi connectivity index (χ1v) is 8.95. The van der Waals surface area contributed by atoms with Gasteiger partial charge in [0.25, 0.3) is 5.69 Å². The quantitative estimate of drug-likeness (QED) is 0.610. The second kappa shape index (κ2) is 8.08. The van der Waals surface area contributed by atoms with E-state index in [0.717, 1.165) is 0 Å². The van der Waals surface area contributed by atoms with E-state index in [9.17, 15) is 19.7 Å². The lowest BCUT2D eigenvalue weighted by Gasteiger charge is -2.17. The van der Waals surface area contributed by atoms with Gasteiger partial charge >= 0.3 is 0 Å². The maximum Gasteiger partial charge on any atom is 0.274 e. The summed E-state index contributed by atoms with van der Waals surface area (Å²) in [5.41, 5.74) is 1.63. The van der Waals surface area contributed by atoms with E-state index >= 15 is 0 Å². The fraction of sp³-hybridized carbons (Fsp3) is 0.300. The van der Waals surface area contributed by atoms with Crippen LogP contribution in [0.3, 0.4) is 0 Å². The van der Waals surface area contributed by atoms with Gasteiger partial charge in [0.15, 0.2) is 0 Å². The van der Waals surface area contributed by atoms with Gasteiger partial charge < -0.3 is 15.0 Å². The normalized spacial score (nSPS) is 16.1. The molecule has 1 aliphatic heterocycles. The van der Waals surface area contributed by atoms with Crippen LogP contribution in [-0.2, 0) is 16.0 Å². The van der Waals surface area contributed by atoms with Gasteiger partial charge in [0.05, 0.1) is 18.0 Å². The van der Waals surface area contributed by atoms with Crippen LogP contribution < -0.4 is 15.0 Å². The Kier molecular flexibility index (Phi) is 5.58. The molecule has 0 radical (unpaired) electrons. The molecule has 1 heterocycles. The summed E-state index contributed by atoms with van der Waals surface area (Å²) < 4.78 is 5.11. The van der Waals surface area contributed by atoms with Crippen molar-refractivity contribution >= 4 is 28.9 Å². The van der Waals surface area contributed by atoms with E-state index < -0.39 is 10.8 Å². The average molecular weight is 383 g/mol. The average Bonchev–Trinajstić information content (AvgIpc) is 3.09. The Bertz CT molecular complexity index is 911. The SMILES string of the molecule is CCc1ccc(NC(=O)C2CC(=O)N(c3ccc(OC)cc3)C2)cc1[N+](=O)[O-]. The summed E-state index contributed by atoms with van der Waals surface area (Å²) in [7, 11) is 1.56. The third-order valence-corrected chi connectivity index (χ3v) is 4.81. The van der Waals surface area contributed by atoms with Crippen LogP contribution in [0.2, 0.25) is 0 Å². The number of benzene rings is 2. The fourth-order valence-corrected chi connectivity index (χ4v) is 3.25. The summed E-state index contributed by atoms with van der Waals surface area (Å²) in [4.78, 5) is 37.2. The summed E-state index contributed by atoms with van der Waals surface area (Å²) in [5, 5.41) is 13.9. The molecule has 8 heteroatoms. The second-order valence-electron chi connectivity index (χ2n) is 6.55. The molecule has 0 bridgehead atoms. The van der Waals surface area contributed by atoms with E-state index in [4.69, 9.17) is 4.74 Å². The molecule has 8 nitrogen and oxygen atoms in total. The zero-order valence-corrected chi connectivity index (χ0v) is 15.7. The summed E-state index contributed by atoms with van der Waals surface area (Å²) in [6.45, 7) is 2.09. The minimum Gasteiger partial charge on any atom is -0.497 e. The van der Waals surface area contributed by atoms with Crippen LogP contribution in [0.15, 0.2) is 42.5 Å². The number of carbonyl (C=O) groups excluding carboxylic acids is 2. The summed E-state index contributed by atoms with van der Waals surface area (Å²) in [6, 6.07) is 11.7. The number of nitro groups is 1. The van der Waals surface area contributed by atoms with E-state index in [1.165, 1.54) is 6.07 Å². The first-order chi connectivity index (χ1) is 13.4. The highest BCUT2D eigenvalue weighted by Gasteiger charge is 2.35. The van der Waals surface area contributed by atoms with Crippen LogP contribution >= 0.6 is 0 Å². The molecule has 1 aliphatic rings. The molecule has 1 fully saturated rings. The molecular formula is C20H21N3O5. The highest BCUT2D eigenvalue weighted by molar-refractivity contribution is 6.03. The molecule has 0 saturated carbocycles. The molecule has 1 unspecified atom stereocenters. The molecule has 1 saturated heterocycles. The van der Waals surface area contributed by atoms with Gasteiger partial charge in [-0.1, -0.05) is 13.0 Å². The van der Waals surface area contributed by atoms with Crippen molar-refractivity contribution in [2.24, 2.45) is 5.92 Å². The molecule has 28 heavy (non-hydrogen) atoms. The largest absolute Gasteiger partial charge is 0.497 e. The van der Waals surface area contributed by atoms with E-state index in [1.807, 2.05) is 6.92 Å². The van der Waals surface area contributed by atoms with Crippen molar-refractivity contribution in [1.29, 1.82) is 0 Å². The van der Waals surface area contributed by atoms with E-state index in [2.05, 4.69) is 5.32 Å². The Labute approximate surface area is 162 Å². The standard InChI is InChI=1S/C20H21N3O5/c1-3-13-4-5-15(11-18(13)23(26)27)21-20(25)14-10-19(24)22(12-14)16-6-8-17(28-2)9-7-16/h4-9,11,14H,3,10,12H2,1-2H3,(H,21,25). The number of aryl methyl sites for hydroxylation is 1. The number of methoxy groups -OCH3 is 1. The van der Waals surface area contributed by atoms with Crippen molar-refractivity contribution in [2.75, 3.05) is 23.9 Å². The number of nitrogens with one attached hydrogen (secondary N) is 1. The van der Waals surface area contributed by atoms with Crippen molar-refractivity contribution in [3.63, 3.8) is 0 Å². The maximum absolute atomic E-state index is 12.6. The number of anilines is 2. The Hall–Kier alpha value is -3.42. The van der Waals surface area contributed by atoms with Crippen molar-refractivity contribution in [3.05, 3.63) is 58.1 Å². The lowest BCUT2D eigenvalue weighted by molar-refractivity contribution is -0.385. The minimum absolute atomic E-state index is 0.0253. The fourth-order valence-electron chi connectivity index (χ4n) is 3.25. The molecule has 1 atom stereocenters. The predicted octanol–water partition coefficient (Wildman–Crippen LogP) is 3.16. The first-order valence-electron chi connectivity index (χ1n) is 8.95. The Morgan fingerprint density at radius 1 is 1.29 bits per heavy atom. The minimum atomic E-state index is -0.528. The van der Waals surface area contributed by atoms with Crippen LogP contribution in [0, 0.1) is 16.0 Å². The molecule has 2 aromatic carbocycles. The molecular weight excluding hydrogens is 362 g/mol. The Morgan fingerprint density at radius 3 is 2.61 bits per heavy atom. The maximum atomic E-state index is 12.6. The zero-order valence-electron chi connectivity index (χ0n) is 15.7. The molecule has 2 amide bonds. The molecule has 0 aromatic heterocycles. The van der Waals surface area contributed by atoms with Gasteiger partial charge in [0, 0.05) is 36.0 Å². The monoisotopic (exact) mass is 383 g/mol. The number of nitrogens with zero attached hydrogens (tertiary/aromatic N) is 2. The number of nitro benzene ring substituents is 1. The second-order valence-corrected chi connectivity index (χ2v) is 6.55. The van der Waals surface area contributed by atoms with Crippen LogP contribution in [0.1, 0.15) is 18.9 Å². The zero-order chi connectivity index (χ0) is 20.3. The van der Waals surface area contributed by atoms with Gasteiger partial charge in [-0.05, 0) is 36.8 Å². The van der Waals surface area contributed by atoms with E-state index in [0.29, 0.717) is 29.1 Å². The summed E-state index contributed by atoms with van der Waals surface area (Å²) in [6.07, 6.45) is 0.617. The molecule has 3 rings (SSSR count). The van der Waals surface area contributed by atoms with E-state index in [1.54, 1.807) is 48.4 Å². The van der Waals surface area contributed by atoms with Crippen LogP contribution in [0.4, 0.5) is 17.1 Å². The van der Waals surface area contributed by atoms with Crippen LogP contribution in [0.25, 0.3) is 0 Å². The van der Waals surface area contributed by atoms with Crippen LogP contribution in [0.5, 0.6) is 5.75 Å². The number of ether oxygens (including phenoxy) is 1. The van der Waals surface area contributed by atoms with Gasteiger partial charge in [0.1, 0.15) is 5.75 Å². The van der Waals surface area contributed by atoms with Gasteiger partial charge in [-0.3, -0.25) is 19.7 Å². The lowest BCUT2D eigenvalue weighted by Crippen LogP contribution is -2.28. The Morgan fingerprint density at radius 2 is 2.00 bits per heavy atom. The lowest BCUT2D eigenvalue weighted by atomic mass is 10.1. The third-order valence-electron chi connectivity index (χ3n) is 4.81. The van der Waals surface area contributed by atoms with Crippen molar-refractivity contribution in [2.45, 2.75) is 19.8 Å². The highest BCUT2D eigenvalue weighted by Crippen LogP contribution is 2.29. The molecule has 146 valence electrons. The van der Waals surface area contributed by atoms with Gasteiger partial charge in [-0.15, -0.1) is 0 Å². The number of carbonyl (C=O) groups is 2. The number of hydrogen-bond acceptors (Lipinski definition) is 5. The molecule has 1 N–H and O–H groups in total. The smallest absolute Gasteiger partial charge is 0.274 e. The van der Waals surface area contributed by atoms with Gasteiger partial charge in [-0.25, -0.2) is 0 Å².